The van der Waals surface area contributed by atoms with Gasteiger partial charge in [-0.1, -0.05) is 11.6 Å². The summed E-state index contributed by atoms with van der Waals surface area (Å²) in [5, 5.41) is 3.25. The normalized spacial score (nSPS) is 10.2. The van der Waals surface area contributed by atoms with Crippen molar-refractivity contribution in [3.63, 3.8) is 0 Å². The van der Waals surface area contributed by atoms with Gasteiger partial charge in [-0.05, 0) is 43.3 Å². The maximum atomic E-state index is 13.7. The summed E-state index contributed by atoms with van der Waals surface area (Å²) in [6.07, 6.45) is 0. The van der Waals surface area contributed by atoms with E-state index in [1.807, 2.05) is 0 Å². The molecule has 0 spiro atoms. The summed E-state index contributed by atoms with van der Waals surface area (Å²) in [6, 6.07) is 8.78. The molecular weight excluding hydrogens is 295 g/mol. The number of carbonyl (C=O) groups is 1. The molecule has 2 aromatic carbocycles. The number of hydrogen-bond donors (Lipinski definition) is 2. The number of hydrogen-bond acceptors (Lipinski definition) is 4. The molecular formula is C15H14ClFN2O2. The molecule has 0 aliphatic rings. The number of rotatable bonds is 4. The number of nitrogens with one attached hydrogen (secondary N) is 1. The number of halogens is 2. The SMILES string of the molecule is CCOC(=O)c1ccc(Nc2cc(Cl)ccc2F)c(N)c1. The Morgan fingerprint density at radius 3 is 2.71 bits per heavy atom. The van der Waals surface area contributed by atoms with E-state index < -0.39 is 11.8 Å². The van der Waals surface area contributed by atoms with Gasteiger partial charge in [0.15, 0.2) is 0 Å². The van der Waals surface area contributed by atoms with E-state index in [-0.39, 0.29) is 12.3 Å². The first-order valence-electron chi connectivity index (χ1n) is 6.30. The van der Waals surface area contributed by atoms with Crippen LogP contribution in [-0.2, 0) is 4.74 Å². The largest absolute Gasteiger partial charge is 0.462 e. The van der Waals surface area contributed by atoms with Crippen LogP contribution in [0.2, 0.25) is 5.02 Å². The highest BCUT2D eigenvalue weighted by Crippen LogP contribution is 2.27. The second kappa shape index (κ2) is 6.45. The summed E-state index contributed by atoms with van der Waals surface area (Å²) in [4.78, 5) is 11.6. The molecule has 0 fully saturated rings. The lowest BCUT2D eigenvalue weighted by Gasteiger charge is -2.11. The van der Waals surface area contributed by atoms with Crippen molar-refractivity contribution < 1.29 is 13.9 Å². The highest BCUT2D eigenvalue weighted by atomic mass is 35.5. The predicted molar refractivity (Wildman–Crippen MR) is 81.5 cm³/mol. The first kappa shape index (κ1) is 15.1. The van der Waals surface area contributed by atoms with Crippen molar-refractivity contribution in [3.05, 3.63) is 52.8 Å². The van der Waals surface area contributed by atoms with Crippen LogP contribution in [0.25, 0.3) is 0 Å². The molecule has 0 heterocycles. The summed E-state index contributed by atoms with van der Waals surface area (Å²) in [6.45, 7) is 2.01. The molecule has 110 valence electrons. The quantitative estimate of drug-likeness (QED) is 0.662. The Hall–Kier alpha value is -2.27. The first-order chi connectivity index (χ1) is 10.0. The molecule has 4 nitrogen and oxygen atoms in total. The minimum atomic E-state index is -0.454. The van der Waals surface area contributed by atoms with Gasteiger partial charge in [0, 0.05) is 5.02 Å². The van der Waals surface area contributed by atoms with Gasteiger partial charge in [0.2, 0.25) is 0 Å². The third-order valence-electron chi connectivity index (χ3n) is 2.76. The third-order valence-corrected chi connectivity index (χ3v) is 3.00. The molecule has 0 aromatic heterocycles. The van der Waals surface area contributed by atoms with Crippen molar-refractivity contribution in [3.8, 4) is 0 Å². The van der Waals surface area contributed by atoms with E-state index in [9.17, 15) is 9.18 Å². The monoisotopic (exact) mass is 308 g/mol. The van der Waals surface area contributed by atoms with Gasteiger partial charge in [0.25, 0.3) is 0 Å². The Morgan fingerprint density at radius 1 is 1.29 bits per heavy atom. The fourth-order valence-corrected chi connectivity index (χ4v) is 1.93. The highest BCUT2D eigenvalue weighted by molar-refractivity contribution is 6.30. The fourth-order valence-electron chi connectivity index (χ4n) is 1.76. The van der Waals surface area contributed by atoms with Gasteiger partial charge >= 0.3 is 5.97 Å². The van der Waals surface area contributed by atoms with Gasteiger partial charge in [-0.15, -0.1) is 0 Å². The number of esters is 1. The van der Waals surface area contributed by atoms with Crippen molar-refractivity contribution in [1.29, 1.82) is 0 Å². The first-order valence-corrected chi connectivity index (χ1v) is 6.67. The summed E-state index contributed by atoms with van der Waals surface area (Å²) < 4.78 is 18.5. The van der Waals surface area contributed by atoms with Crippen molar-refractivity contribution in [2.45, 2.75) is 6.92 Å². The molecule has 0 radical (unpaired) electrons. The molecule has 6 heteroatoms. The van der Waals surface area contributed by atoms with E-state index >= 15 is 0 Å². The molecule has 0 amide bonds. The maximum Gasteiger partial charge on any atom is 0.338 e. The van der Waals surface area contributed by atoms with Crippen molar-refractivity contribution in [2.75, 3.05) is 17.7 Å². The molecule has 0 aliphatic carbocycles. The number of benzene rings is 2. The predicted octanol–water partition coefficient (Wildman–Crippen LogP) is 3.98. The Balaban J connectivity index is 2.25. The number of nitrogen functional groups attached to an aromatic ring is 1. The van der Waals surface area contributed by atoms with Crippen LogP contribution >= 0.6 is 11.6 Å². The molecule has 2 aromatic rings. The van der Waals surface area contributed by atoms with E-state index in [4.69, 9.17) is 22.1 Å². The molecule has 0 aliphatic heterocycles. The Labute approximate surface area is 126 Å². The van der Waals surface area contributed by atoms with Crippen molar-refractivity contribution in [2.24, 2.45) is 0 Å². The second-order valence-corrected chi connectivity index (χ2v) is 4.71. The smallest absolute Gasteiger partial charge is 0.338 e. The summed E-state index contributed by atoms with van der Waals surface area (Å²) in [5.41, 5.74) is 7.19. The van der Waals surface area contributed by atoms with E-state index in [2.05, 4.69) is 5.32 Å². The number of carbonyl (C=O) groups excluding carboxylic acids is 1. The highest BCUT2D eigenvalue weighted by Gasteiger charge is 2.10. The van der Waals surface area contributed by atoms with Crippen LogP contribution in [0.1, 0.15) is 17.3 Å². The van der Waals surface area contributed by atoms with Crippen molar-refractivity contribution >= 4 is 34.6 Å². The van der Waals surface area contributed by atoms with Crippen LogP contribution in [0, 0.1) is 5.82 Å². The van der Waals surface area contributed by atoms with E-state index in [0.29, 0.717) is 22.0 Å². The van der Waals surface area contributed by atoms with Gasteiger partial charge in [-0.3, -0.25) is 0 Å². The van der Waals surface area contributed by atoms with Crippen LogP contribution in [0.3, 0.4) is 0 Å². The number of anilines is 3. The lowest BCUT2D eigenvalue weighted by molar-refractivity contribution is 0.0526. The second-order valence-electron chi connectivity index (χ2n) is 4.27. The fraction of sp³-hybridized carbons (Fsp3) is 0.133. The summed E-state index contributed by atoms with van der Waals surface area (Å²) in [7, 11) is 0. The van der Waals surface area contributed by atoms with Crippen LogP contribution < -0.4 is 11.1 Å². The van der Waals surface area contributed by atoms with Crippen LogP contribution in [0.5, 0.6) is 0 Å². The molecule has 0 bridgehead atoms. The van der Waals surface area contributed by atoms with Crippen LogP contribution in [-0.4, -0.2) is 12.6 Å². The standard InChI is InChI=1S/C15H14ClFN2O2/c1-2-21-15(20)9-3-6-13(12(18)7-9)19-14-8-10(16)4-5-11(14)17/h3-8,19H,2,18H2,1H3. The Morgan fingerprint density at radius 2 is 2.05 bits per heavy atom. The zero-order valence-electron chi connectivity index (χ0n) is 11.3. The van der Waals surface area contributed by atoms with E-state index in [1.54, 1.807) is 19.1 Å². The van der Waals surface area contributed by atoms with Gasteiger partial charge in [-0.25, -0.2) is 9.18 Å². The van der Waals surface area contributed by atoms with E-state index in [1.165, 1.54) is 24.3 Å². The maximum absolute atomic E-state index is 13.7. The minimum absolute atomic E-state index is 0.207. The van der Waals surface area contributed by atoms with Crippen LogP contribution in [0.4, 0.5) is 21.5 Å². The Kier molecular flexibility index (Phi) is 4.65. The zero-order valence-corrected chi connectivity index (χ0v) is 12.1. The average molecular weight is 309 g/mol. The van der Waals surface area contributed by atoms with Gasteiger partial charge in [0.1, 0.15) is 5.82 Å². The molecule has 0 saturated heterocycles. The molecule has 0 atom stereocenters. The topological polar surface area (TPSA) is 64.3 Å². The van der Waals surface area contributed by atoms with Crippen LogP contribution in [0.15, 0.2) is 36.4 Å². The molecule has 0 saturated carbocycles. The zero-order chi connectivity index (χ0) is 15.4. The van der Waals surface area contributed by atoms with Gasteiger partial charge in [-0.2, -0.15) is 0 Å². The Bertz CT molecular complexity index is 677. The van der Waals surface area contributed by atoms with Gasteiger partial charge < -0.3 is 15.8 Å². The average Bonchev–Trinajstić information content (AvgIpc) is 2.45. The number of nitrogens with two attached hydrogens (primary N) is 1. The molecule has 0 unspecified atom stereocenters. The number of ether oxygens (including phenoxy) is 1. The molecule has 21 heavy (non-hydrogen) atoms. The lowest BCUT2D eigenvalue weighted by Crippen LogP contribution is -2.06. The molecule has 2 rings (SSSR count). The summed E-state index contributed by atoms with van der Waals surface area (Å²) >= 11 is 5.83. The molecule has 3 N–H and O–H groups in total. The van der Waals surface area contributed by atoms with E-state index in [0.717, 1.165) is 0 Å². The lowest BCUT2D eigenvalue weighted by atomic mass is 10.1. The summed E-state index contributed by atoms with van der Waals surface area (Å²) in [5.74, 6) is -0.905. The van der Waals surface area contributed by atoms with Gasteiger partial charge in [0.05, 0.1) is 29.2 Å². The third kappa shape index (κ3) is 3.64. The minimum Gasteiger partial charge on any atom is -0.462 e. The van der Waals surface area contributed by atoms with Crippen molar-refractivity contribution in [1.82, 2.24) is 0 Å².